The molecule has 0 bridgehead atoms. The van der Waals surface area contributed by atoms with Gasteiger partial charge in [-0.15, -0.1) is 0 Å². The minimum Gasteiger partial charge on any atom is -0.369 e. The third kappa shape index (κ3) is 3.56. The second-order valence-corrected chi connectivity index (χ2v) is 6.09. The molecule has 23 heavy (non-hydrogen) atoms. The van der Waals surface area contributed by atoms with Crippen LogP contribution in [0, 0.1) is 0 Å². The first-order valence-corrected chi connectivity index (χ1v) is 7.79. The van der Waals surface area contributed by atoms with Crippen LogP contribution in [-0.2, 0) is 18.4 Å². The van der Waals surface area contributed by atoms with E-state index in [2.05, 4.69) is 15.3 Å². The summed E-state index contributed by atoms with van der Waals surface area (Å²) in [4.78, 5) is 25.9. The Morgan fingerprint density at radius 1 is 1.39 bits per heavy atom. The molecule has 1 saturated heterocycles. The highest BCUT2D eigenvalue weighted by Crippen LogP contribution is 2.22. The molecule has 0 radical (unpaired) electrons. The summed E-state index contributed by atoms with van der Waals surface area (Å²) >= 11 is 5.90. The lowest BCUT2D eigenvalue weighted by molar-refractivity contribution is -0.122. The van der Waals surface area contributed by atoms with Gasteiger partial charge in [-0.05, 0) is 30.7 Å². The lowest BCUT2D eigenvalue weighted by atomic mass is 10.2. The van der Waals surface area contributed by atoms with E-state index >= 15 is 0 Å². The minimum atomic E-state index is -0.297. The van der Waals surface area contributed by atoms with Gasteiger partial charge in [0.1, 0.15) is 12.9 Å². The van der Waals surface area contributed by atoms with Crippen molar-refractivity contribution < 1.29 is 4.79 Å². The van der Waals surface area contributed by atoms with Gasteiger partial charge in [-0.3, -0.25) is 9.36 Å². The summed E-state index contributed by atoms with van der Waals surface area (Å²) in [5.41, 5.74) is 0.793. The Kier molecular flexibility index (Phi) is 4.38. The standard InChI is InChI=1S/C15H18ClN5O2/c1-19-10-17-21(15(19)23)9-14(22)18-12-6-7-20(8-12)13-4-2-11(16)3-5-13/h2-5,10,12H,6-9H2,1H3,(H,18,22). The summed E-state index contributed by atoms with van der Waals surface area (Å²) in [5.74, 6) is -0.200. The van der Waals surface area contributed by atoms with Crippen molar-refractivity contribution in [2.45, 2.75) is 19.0 Å². The number of anilines is 1. The number of aromatic nitrogens is 3. The number of nitrogens with one attached hydrogen (secondary N) is 1. The monoisotopic (exact) mass is 335 g/mol. The van der Waals surface area contributed by atoms with Gasteiger partial charge in [0.25, 0.3) is 0 Å². The van der Waals surface area contributed by atoms with Crippen molar-refractivity contribution in [3.63, 3.8) is 0 Å². The Labute approximate surface area is 138 Å². The van der Waals surface area contributed by atoms with Crippen LogP contribution in [0.3, 0.4) is 0 Å². The molecule has 1 aliphatic rings. The first-order valence-electron chi connectivity index (χ1n) is 7.41. The number of hydrogen-bond acceptors (Lipinski definition) is 4. The Morgan fingerprint density at radius 2 is 2.13 bits per heavy atom. The van der Waals surface area contributed by atoms with Crippen molar-refractivity contribution >= 4 is 23.2 Å². The number of halogens is 1. The van der Waals surface area contributed by atoms with Crippen LogP contribution in [0.25, 0.3) is 0 Å². The van der Waals surface area contributed by atoms with Gasteiger partial charge in [-0.25, -0.2) is 9.48 Å². The summed E-state index contributed by atoms with van der Waals surface area (Å²) in [6.07, 6.45) is 2.26. The summed E-state index contributed by atoms with van der Waals surface area (Å²) in [5, 5.41) is 7.55. The summed E-state index contributed by atoms with van der Waals surface area (Å²) in [6.45, 7) is 1.55. The molecule has 0 spiro atoms. The van der Waals surface area contributed by atoms with Gasteiger partial charge < -0.3 is 10.2 Å². The number of nitrogens with zero attached hydrogens (tertiary/aromatic N) is 4. The van der Waals surface area contributed by atoms with Crippen LogP contribution >= 0.6 is 11.6 Å². The van der Waals surface area contributed by atoms with Crippen LogP contribution in [0.5, 0.6) is 0 Å². The van der Waals surface area contributed by atoms with Crippen LogP contribution in [0.4, 0.5) is 5.69 Å². The van der Waals surface area contributed by atoms with E-state index in [1.807, 2.05) is 24.3 Å². The molecule has 1 aliphatic heterocycles. The van der Waals surface area contributed by atoms with E-state index in [-0.39, 0.29) is 24.2 Å². The van der Waals surface area contributed by atoms with E-state index in [4.69, 9.17) is 11.6 Å². The number of carbonyl (C=O) groups excluding carboxylic acids is 1. The van der Waals surface area contributed by atoms with Crippen molar-refractivity contribution in [3.8, 4) is 0 Å². The zero-order valence-corrected chi connectivity index (χ0v) is 13.5. The van der Waals surface area contributed by atoms with Gasteiger partial charge >= 0.3 is 5.69 Å². The summed E-state index contributed by atoms with van der Waals surface area (Å²) < 4.78 is 2.49. The maximum Gasteiger partial charge on any atom is 0.345 e. The molecule has 0 saturated carbocycles. The van der Waals surface area contributed by atoms with Crippen molar-refractivity contribution in [1.82, 2.24) is 19.7 Å². The number of amides is 1. The van der Waals surface area contributed by atoms with Crippen LogP contribution in [0.2, 0.25) is 5.02 Å². The summed E-state index contributed by atoms with van der Waals surface area (Å²) in [6, 6.07) is 7.73. The largest absolute Gasteiger partial charge is 0.369 e. The van der Waals surface area contributed by atoms with E-state index in [1.165, 1.54) is 10.9 Å². The molecule has 1 N–H and O–H groups in total. The molecule has 3 rings (SSSR count). The molecule has 122 valence electrons. The average Bonchev–Trinajstić information content (AvgIpc) is 3.10. The number of carbonyl (C=O) groups is 1. The third-order valence-electron chi connectivity index (χ3n) is 3.93. The predicted molar refractivity (Wildman–Crippen MR) is 87.7 cm³/mol. The molecule has 0 aliphatic carbocycles. The first-order chi connectivity index (χ1) is 11.0. The van der Waals surface area contributed by atoms with Crippen LogP contribution in [0.1, 0.15) is 6.42 Å². The van der Waals surface area contributed by atoms with Gasteiger partial charge in [-0.1, -0.05) is 11.6 Å². The molecule has 1 amide bonds. The molecule has 8 heteroatoms. The van der Waals surface area contributed by atoms with E-state index in [1.54, 1.807) is 7.05 Å². The van der Waals surface area contributed by atoms with Crippen molar-refractivity contribution in [2.24, 2.45) is 7.05 Å². The predicted octanol–water partition coefficient (Wildman–Crippen LogP) is 0.630. The second kappa shape index (κ2) is 6.45. The fourth-order valence-corrected chi connectivity index (χ4v) is 2.83. The van der Waals surface area contributed by atoms with Gasteiger partial charge in [0.2, 0.25) is 5.91 Å². The van der Waals surface area contributed by atoms with E-state index in [9.17, 15) is 9.59 Å². The fourth-order valence-electron chi connectivity index (χ4n) is 2.70. The molecule has 1 unspecified atom stereocenters. The highest BCUT2D eigenvalue weighted by Gasteiger charge is 2.24. The zero-order chi connectivity index (χ0) is 16.4. The lowest BCUT2D eigenvalue weighted by Gasteiger charge is -2.19. The molecule has 1 aromatic heterocycles. The van der Waals surface area contributed by atoms with Crippen molar-refractivity contribution in [1.29, 1.82) is 0 Å². The van der Waals surface area contributed by atoms with Crippen molar-refractivity contribution in [2.75, 3.05) is 18.0 Å². The van der Waals surface area contributed by atoms with Crippen molar-refractivity contribution in [3.05, 3.63) is 46.1 Å². The maximum absolute atomic E-state index is 12.1. The molecule has 1 fully saturated rings. The Hall–Kier alpha value is -2.28. The maximum atomic E-state index is 12.1. The molecule has 1 aromatic carbocycles. The zero-order valence-electron chi connectivity index (χ0n) is 12.8. The minimum absolute atomic E-state index is 0.0584. The SMILES string of the molecule is Cn1cnn(CC(=O)NC2CCN(c3ccc(Cl)cc3)C2)c1=O. The number of rotatable bonds is 4. The molecular weight excluding hydrogens is 318 g/mol. The van der Waals surface area contributed by atoms with E-state index < -0.39 is 0 Å². The van der Waals surface area contributed by atoms with Gasteiger partial charge in [0.15, 0.2) is 0 Å². The molecule has 1 atom stereocenters. The number of hydrogen-bond donors (Lipinski definition) is 1. The Bertz CT molecular complexity index is 752. The quantitative estimate of drug-likeness (QED) is 0.889. The topological polar surface area (TPSA) is 72.2 Å². The normalized spacial score (nSPS) is 17.5. The smallest absolute Gasteiger partial charge is 0.345 e. The molecule has 2 heterocycles. The van der Waals surface area contributed by atoms with E-state index in [0.717, 1.165) is 29.9 Å². The fraction of sp³-hybridized carbons (Fsp3) is 0.400. The van der Waals surface area contributed by atoms with Gasteiger partial charge in [0, 0.05) is 36.9 Å². The average molecular weight is 336 g/mol. The third-order valence-corrected chi connectivity index (χ3v) is 4.18. The molecule has 2 aromatic rings. The van der Waals surface area contributed by atoms with Gasteiger partial charge in [-0.2, -0.15) is 5.10 Å². The first kappa shape index (κ1) is 15.6. The highest BCUT2D eigenvalue weighted by molar-refractivity contribution is 6.30. The van der Waals surface area contributed by atoms with Crippen LogP contribution in [0.15, 0.2) is 35.4 Å². The number of benzene rings is 1. The second-order valence-electron chi connectivity index (χ2n) is 5.66. The molecule has 7 nitrogen and oxygen atoms in total. The Morgan fingerprint density at radius 3 is 2.78 bits per heavy atom. The lowest BCUT2D eigenvalue weighted by Crippen LogP contribution is -2.40. The highest BCUT2D eigenvalue weighted by atomic mass is 35.5. The van der Waals surface area contributed by atoms with Gasteiger partial charge in [0.05, 0.1) is 0 Å². The van der Waals surface area contributed by atoms with Crippen LogP contribution in [-0.4, -0.2) is 39.4 Å². The Balaban J connectivity index is 1.55. The van der Waals surface area contributed by atoms with Crippen LogP contribution < -0.4 is 15.9 Å². The number of aryl methyl sites for hydroxylation is 1. The summed E-state index contributed by atoms with van der Waals surface area (Å²) in [7, 11) is 1.60. The molecular formula is C15H18ClN5O2. The van der Waals surface area contributed by atoms with E-state index in [0.29, 0.717) is 5.02 Å².